The lowest BCUT2D eigenvalue weighted by Gasteiger charge is -2.30. The summed E-state index contributed by atoms with van der Waals surface area (Å²) in [6.07, 6.45) is 6.86. The Hall–Kier alpha value is -0.860. The van der Waals surface area contributed by atoms with Gasteiger partial charge in [0.05, 0.1) is 13.2 Å². The summed E-state index contributed by atoms with van der Waals surface area (Å²) in [5.41, 5.74) is 1.79. The Morgan fingerprint density at radius 3 is 2.00 bits per heavy atom. The van der Waals surface area contributed by atoms with Crippen molar-refractivity contribution in [3.63, 3.8) is 0 Å². The van der Waals surface area contributed by atoms with E-state index in [1.165, 1.54) is 31.2 Å². The Morgan fingerprint density at radius 1 is 0.895 bits per heavy atom. The topological polar surface area (TPSA) is 40.5 Å². The van der Waals surface area contributed by atoms with Crippen LogP contribution in [0.2, 0.25) is 0 Å². The molecule has 19 heavy (non-hydrogen) atoms. The summed E-state index contributed by atoms with van der Waals surface area (Å²) in [6, 6.07) is 8.17. The zero-order valence-corrected chi connectivity index (χ0v) is 12.4. The lowest BCUT2D eigenvalue weighted by atomic mass is 9.77. The number of benzene rings is 1. The summed E-state index contributed by atoms with van der Waals surface area (Å²) in [7, 11) is 0. The van der Waals surface area contributed by atoms with Gasteiger partial charge in [0.15, 0.2) is 0 Å². The number of unbranched alkanes of at least 4 members (excludes halogenated alkanes) is 4. The van der Waals surface area contributed by atoms with E-state index in [-0.39, 0.29) is 13.2 Å². The normalized spacial score (nSPS) is 11.8. The molecule has 0 saturated carbocycles. The number of rotatable bonds is 9. The van der Waals surface area contributed by atoms with Gasteiger partial charge >= 0.3 is 0 Å². The van der Waals surface area contributed by atoms with Crippen LogP contribution in [0.5, 0.6) is 0 Å². The lowest BCUT2D eigenvalue weighted by molar-refractivity contribution is 0.107. The van der Waals surface area contributed by atoms with E-state index in [2.05, 4.69) is 6.92 Å². The fraction of sp³-hybridized carbons (Fsp3) is 0.647. The van der Waals surface area contributed by atoms with Crippen LogP contribution < -0.4 is 0 Å². The van der Waals surface area contributed by atoms with Crippen LogP contribution in [0.15, 0.2) is 24.3 Å². The van der Waals surface area contributed by atoms with Gasteiger partial charge in [0.25, 0.3) is 0 Å². The van der Waals surface area contributed by atoms with Crippen LogP contribution in [-0.2, 0) is 5.41 Å². The van der Waals surface area contributed by atoms with E-state index in [1.807, 2.05) is 31.2 Å². The largest absolute Gasteiger partial charge is 0.395 e. The second-order valence-electron chi connectivity index (χ2n) is 5.63. The van der Waals surface area contributed by atoms with Crippen molar-refractivity contribution >= 4 is 0 Å². The van der Waals surface area contributed by atoms with Crippen LogP contribution in [0.1, 0.15) is 56.6 Å². The second-order valence-corrected chi connectivity index (χ2v) is 5.63. The Labute approximate surface area is 117 Å². The van der Waals surface area contributed by atoms with Crippen molar-refractivity contribution in [2.45, 2.75) is 57.8 Å². The molecule has 1 aromatic rings. The zero-order chi connectivity index (χ0) is 14.1. The Balaban J connectivity index is 2.65. The van der Waals surface area contributed by atoms with Crippen LogP contribution in [-0.4, -0.2) is 23.4 Å². The smallest absolute Gasteiger partial charge is 0.0550 e. The number of hydrogen-bond donors (Lipinski definition) is 2. The molecule has 0 aliphatic heterocycles. The third-order valence-corrected chi connectivity index (χ3v) is 4.03. The summed E-state index contributed by atoms with van der Waals surface area (Å²) in [5.74, 6) is 0. The van der Waals surface area contributed by atoms with Crippen molar-refractivity contribution < 1.29 is 10.2 Å². The van der Waals surface area contributed by atoms with Crippen molar-refractivity contribution in [3.8, 4) is 0 Å². The predicted molar refractivity (Wildman–Crippen MR) is 80.4 cm³/mol. The number of aliphatic hydroxyl groups is 2. The molecule has 0 amide bonds. The first kappa shape index (κ1) is 16.2. The summed E-state index contributed by atoms with van der Waals surface area (Å²) >= 11 is 0. The van der Waals surface area contributed by atoms with Gasteiger partial charge in [-0.15, -0.1) is 0 Å². The molecule has 0 unspecified atom stereocenters. The fourth-order valence-corrected chi connectivity index (χ4v) is 2.51. The molecule has 0 saturated heterocycles. The van der Waals surface area contributed by atoms with E-state index in [0.717, 1.165) is 18.4 Å². The van der Waals surface area contributed by atoms with Crippen LogP contribution in [0.25, 0.3) is 0 Å². The van der Waals surface area contributed by atoms with E-state index >= 15 is 0 Å². The molecule has 2 nitrogen and oxygen atoms in total. The van der Waals surface area contributed by atoms with Gasteiger partial charge in [-0.2, -0.15) is 0 Å². The zero-order valence-electron chi connectivity index (χ0n) is 12.4. The first-order valence-corrected chi connectivity index (χ1v) is 7.47. The summed E-state index contributed by atoms with van der Waals surface area (Å²) in [6.45, 7) is 4.28. The van der Waals surface area contributed by atoms with Gasteiger partial charge in [-0.25, -0.2) is 0 Å². The van der Waals surface area contributed by atoms with Gasteiger partial charge in [-0.3, -0.25) is 0 Å². The predicted octanol–water partition coefficient (Wildman–Crippen LogP) is 3.58. The molecule has 1 aromatic carbocycles. The molecule has 1 rings (SSSR count). The highest BCUT2D eigenvalue weighted by molar-refractivity contribution is 5.29. The molecule has 0 bridgehead atoms. The van der Waals surface area contributed by atoms with E-state index in [0.29, 0.717) is 0 Å². The van der Waals surface area contributed by atoms with Crippen LogP contribution in [0, 0.1) is 6.92 Å². The highest BCUT2D eigenvalue weighted by Crippen LogP contribution is 2.30. The summed E-state index contributed by atoms with van der Waals surface area (Å²) < 4.78 is 0. The molecule has 108 valence electrons. The summed E-state index contributed by atoms with van der Waals surface area (Å²) in [5, 5.41) is 19.5. The fourth-order valence-electron chi connectivity index (χ4n) is 2.51. The highest BCUT2D eigenvalue weighted by Gasteiger charge is 2.30. The van der Waals surface area contributed by atoms with Gasteiger partial charge < -0.3 is 10.2 Å². The van der Waals surface area contributed by atoms with Crippen LogP contribution >= 0.6 is 0 Å². The Bertz CT molecular complexity index is 339. The maximum Gasteiger partial charge on any atom is 0.0550 e. The number of hydrogen-bond acceptors (Lipinski definition) is 2. The second kappa shape index (κ2) is 8.34. The average Bonchev–Trinajstić information content (AvgIpc) is 2.45. The molecule has 0 heterocycles. The monoisotopic (exact) mass is 264 g/mol. The van der Waals surface area contributed by atoms with Crippen LogP contribution in [0.4, 0.5) is 0 Å². The van der Waals surface area contributed by atoms with Crippen molar-refractivity contribution in [2.24, 2.45) is 0 Å². The van der Waals surface area contributed by atoms with Gasteiger partial charge in [0.1, 0.15) is 0 Å². The molecule has 2 heteroatoms. The van der Waals surface area contributed by atoms with Crippen LogP contribution in [0.3, 0.4) is 0 Å². The first-order valence-electron chi connectivity index (χ1n) is 7.47. The minimum atomic E-state index is -0.472. The SMILES string of the molecule is CCCCCCCC(CO)(CO)c1ccc(C)cc1. The van der Waals surface area contributed by atoms with E-state index < -0.39 is 5.41 Å². The third kappa shape index (κ3) is 4.63. The molecule has 0 aliphatic carbocycles. The standard InChI is InChI=1S/C17H28O2/c1-3-4-5-6-7-12-17(13-18,14-19)16-10-8-15(2)9-11-16/h8-11,18-19H,3-7,12-14H2,1-2H3. The first-order chi connectivity index (χ1) is 9.18. The molecule has 0 aromatic heterocycles. The Morgan fingerprint density at radius 2 is 1.47 bits per heavy atom. The third-order valence-electron chi connectivity index (χ3n) is 4.03. The Kier molecular flexibility index (Phi) is 7.11. The van der Waals surface area contributed by atoms with Gasteiger partial charge in [-0.05, 0) is 18.9 Å². The number of aliphatic hydroxyl groups excluding tert-OH is 2. The molecule has 0 spiro atoms. The van der Waals surface area contributed by atoms with Crippen molar-refractivity contribution in [1.29, 1.82) is 0 Å². The minimum absolute atomic E-state index is 0.0142. The van der Waals surface area contributed by atoms with E-state index in [4.69, 9.17) is 0 Å². The van der Waals surface area contributed by atoms with Crippen molar-refractivity contribution in [1.82, 2.24) is 0 Å². The molecular weight excluding hydrogens is 236 g/mol. The number of aryl methyl sites for hydroxylation is 1. The van der Waals surface area contributed by atoms with Gasteiger partial charge in [0.2, 0.25) is 0 Å². The van der Waals surface area contributed by atoms with Gasteiger partial charge in [-0.1, -0.05) is 68.9 Å². The van der Waals surface area contributed by atoms with Gasteiger partial charge in [0, 0.05) is 5.41 Å². The minimum Gasteiger partial charge on any atom is -0.395 e. The molecule has 0 radical (unpaired) electrons. The quantitative estimate of drug-likeness (QED) is 0.669. The molecular formula is C17H28O2. The maximum atomic E-state index is 9.74. The van der Waals surface area contributed by atoms with E-state index in [1.54, 1.807) is 0 Å². The molecule has 0 atom stereocenters. The molecule has 0 aliphatic rings. The van der Waals surface area contributed by atoms with Crippen molar-refractivity contribution in [2.75, 3.05) is 13.2 Å². The van der Waals surface area contributed by atoms with Crippen molar-refractivity contribution in [3.05, 3.63) is 35.4 Å². The maximum absolute atomic E-state index is 9.74. The highest BCUT2D eigenvalue weighted by atomic mass is 16.3. The van der Waals surface area contributed by atoms with E-state index in [9.17, 15) is 10.2 Å². The lowest BCUT2D eigenvalue weighted by Crippen LogP contribution is -2.34. The molecule has 0 fully saturated rings. The average molecular weight is 264 g/mol. The summed E-state index contributed by atoms with van der Waals surface area (Å²) in [4.78, 5) is 0. The molecule has 2 N–H and O–H groups in total.